The molecule has 0 aromatic heterocycles. The van der Waals surface area contributed by atoms with Crippen molar-refractivity contribution in [1.29, 1.82) is 0 Å². The summed E-state index contributed by atoms with van der Waals surface area (Å²) in [6.07, 6.45) is 1.88. The third kappa shape index (κ3) is 4.94. The van der Waals surface area contributed by atoms with Gasteiger partial charge in [0.2, 0.25) is 5.91 Å². The number of rotatable bonds is 7. The molecular formula is C23H27FN2O3. The molecule has 2 aromatic carbocycles. The number of likely N-dealkylation sites (tertiary alicyclic amines) is 1. The Morgan fingerprint density at radius 1 is 1.17 bits per heavy atom. The van der Waals surface area contributed by atoms with E-state index in [2.05, 4.69) is 12.2 Å². The smallest absolute Gasteiger partial charge is 0.254 e. The lowest BCUT2D eigenvalue weighted by molar-refractivity contribution is -0.124. The predicted molar refractivity (Wildman–Crippen MR) is 109 cm³/mol. The summed E-state index contributed by atoms with van der Waals surface area (Å²) >= 11 is 0. The van der Waals surface area contributed by atoms with Crippen molar-refractivity contribution < 1.29 is 18.7 Å². The Morgan fingerprint density at radius 2 is 1.97 bits per heavy atom. The fraction of sp³-hybridized carbons (Fsp3) is 0.391. The summed E-state index contributed by atoms with van der Waals surface area (Å²) in [6.45, 7) is 3.33. The van der Waals surface area contributed by atoms with Crippen LogP contribution in [0.15, 0.2) is 48.5 Å². The molecule has 1 fully saturated rings. The molecule has 0 unspecified atom stereocenters. The molecule has 0 aliphatic carbocycles. The van der Waals surface area contributed by atoms with E-state index in [0.29, 0.717) is 30.9 Å². The highest BCUT2D eigenvalue weighted by molar-refractivity contribution is 5.95. The first-order valence-electron chi connectivity index (χ1n) is 10.00. The first-order chi connectivity index (χ1) is 14.0. The van der Waals surface area contributed by atoms with Gasteiger partial charge in [0.05, 0.1) is 13.0 Å². The molecule has 0 radical (unpaired) electrons. The van der Waals surface area contributed by atoms with Gasteiger partial charge in [0, 0.05) is 31.1 Å². The van der Waals surface area contributed by atoms with Gasteiger partial charge in [-0.1, -0.05) is 31.5 Å². The zero-order valence-corrected chi connectivity index (χ0v) is 16.9. The average molecular weight is 398 g/mol. The minimum atomic E-state index is -0.414. The molecule has 0 saturated carbocycles. The first kappa shape index (κ1) is 20.8. The van der Waals surface area contributed by atoms with Crippen molar-refractivity contribution in [2.45, 2.75) is 25.7 Å². The summed E-state index contributed by atoms with van der Waals surface area (Å²) < 4.78 is 19.0. The van der Waals surface area contributed by atoms with E-state index in [1.54, 1.807) is 42.3 Å². The topological polar surface area (TPSA) is 58.6 Å². The zero-order chi connectivity index (χ0) is 20.8. The molecule has 1 heterocycles. The van der Waals surface area contributed by atoms with Gasteiger partial charge in [-0.15, -0.1) is 0 Å². The first-order valence-corrected chi connectivity index (χ1v) is 10.00. The van der Waals surface area contributed by atoms with E-state index in [9.17, 15) is 14.0 Å². The number of carbonyl (C=O) groups excluding carboxylic acids is 2. The molecule has 0 bridgehead atoms. The Bertz CT molecular complexity index is 871. The number of ether oxygens (including phenoxy) is 1. The highest BCUT2D eigenvalue weighted by Crippen LogP contribution is 2.34. The summed E-state index contributed by atoms with van der Waals surface area (Å²) in [4.78, 5) is 27.6. The van der Waals surface area contributed by atoms with Crippen LogP contribution >= 0.6 is 0 Å². The predicted octanol–water partition coefficient (Wildman–Crippen LogP) is 3.61. The van der Waals surface area contributed by atoms with Crippen molar-refractivity contribution in [3.63, 3.8) is 0 Å². The van der Waals surface area contributed by atoms with Gasteiger partial charge in [-0.25, -0.2) is 4.39 Å². The number of benzene rings is 2. The van der Waals surface area contributed by atoms with Crippen molar-refractivity contribution in [3.05, 3.63) is 65.5 Å². The van der Waals surface area contributed by atoms with Gasteiger partial charge >= 0.3 is 0 Å². The number of carbonyl (C=O) groups is 2. The average Bonchev–Trinajstić information content (AvgIpc) is 3.19. The van der Waals surface area contributed by atoms with Gasteiger partial charge in [0.1, 0.15) is 11.6 Å². The number of nitrogens with one attached hydrogen (secondary N) is 1. The molecule has 2 amide bonds. The van der Waals surface area contributed by atoms with Gasteiger partial charge in [-0.2, -0.15) is 0 Å². The zero-order valence-electron chi connectivity index (χ0n) is 16.9. The largest absolute Gasteiger partial charge is 0.497 e. The Labute approximate surface area is 170 Å². The third-order valence-electron chi connectivity index (χ3n) is 5.37. The standard InChI is InChI=1S/C23H27FN2O3/c1-3-4-11-25-22(27)21-15-26(14-20(21)16-7-5-9-18(24)12-16)23(28)17-8-6-10-19(13-17)29-2/h5-10,12-13,20-21H,3-4,11,14-15H2,1-2H3,(H,25,27)/t20-,21-/m0/s1. The third-order valence-corrected chi connectivity index (χ3v) is 5.37. The lowest BCUT2D eigenvalue weighted by Crippen LogP contribution is -2.36. The molecule has 154 valence electrons. The number of nitrogens with zero attached hydrogens (tertiary/aromatic N) is 1. The maximum absolute atomic E-state index is 13.8. The van der Waals surface area contributed by atoms with E-state index in [4.69, 9.17) is 4.74 Å². The van der Waals surface area contributed by atoms with Crippen molar-refractivity contribution in [2.24, 2.45) is 5.92 Å². The summed E-state index contributed by atoms with van der Waals surface area (Å²) in [5, 5.41) is 2.97. The van der Waals surface area contributed by atoms with E-state index >= 15 is 0 Å². The van der Waals surface area contributed by atoms with Crippen LogP contribution in [0.25, 0.3) is 0 Å². The Hall–Kier alpha value is -2.89. The van der Waals surface area contributed by atoms with Gasteiger partial charge < -0.3 is 15.0 Å². The van der Waals surface area contributed by atoms with Crippen LogP contribution < -0.4 is 10.1 Å². The Balaban J connectivity index is 1.83. The number of hydrogen-bond acceptors (Lipinski definition) is 3. The highest BCUT2D eigenvalue weighted by Gasteiger charge is 2.40. The summed E-state index contributed by atoms with van der Waals surface area (Å²) in [7, 11) is 1.55. The number of unbranched alkanes of at least 4 members (excludes halogenated alkanes) is 1. The van der Waals surface area contributed by atoms with Crippen molar-refractivity contribution in [2.75, 3.05) is 26.7 Å². The molecule has 0 spiro atoms. The fourth-order valence-corrected chi connectivity index (χ4v) is 3.77. The second-order valence-electron chi connectivity index (χ2n) is 7.35. The van der Waals surface area contributed by atoms with Crippen LogP contribution in [0, 0.1) is 11.7 Å². The lowest BCUT2D eigenvalue weighted by atomic mass is 9.88. The maximum atomic E-state index is 13.8. The number of amides is 2. The van der Waals surface area contributed by atoms with Crippen LogP contribution in [-0.2, 0) is 4.79 Å². The van der Waals surface area contributed by atoms with E-state index in [0.717, 1.165) is 18.4 Å². The monoisotopic (exact) mass is 398 g/mol. The molecule has 3 rings (SSSR count). The molecule has 1 aliphatic heterocycles. The summed E-state index contributed by atoms with van der Waals surface area (Å²) in [6, 6.07) is 13.3. The van der Waals surface area contributed by atoms with Gasteiger partial charge in [-0.05, 0) is 42.3 Å². The number of hydrogen-bond donors (Lipinski definition) is 1. The summed E-state index contributed by atoms with van der Waals surface area (Å²) in [5.41, 5.74) is 1.25. The molecule has 1 saturated heterocycles. The van der Waals surface area contributed by atoms with Crippen LogP contribution in [0.3, 0.4) is 0 Å². The molecule has 29 heavy (non-hydrogen) atoms. The molecule has 2 atom stereocenters. The van der Waals surface area contributed by atoms with Crippen LogP contribution in [0.2, 0.25) is 0 Å². The Kier molecular flexibility index (Phi) is 6.86. The lowest BCUT2D eigenvalue weighted by Gasteiger charge is -2.18. The SMILES string of the molecule is CCCCNC(=O)[C@H]1CN(C(=O)c2cccc(OC)c2)C[C@H]1c1cccc(F)c1. The maximum Gasteiger partial charge on any atom is 0.254 e. The molecule has 2 aromatic rings. The van der Waals surface area contributed by atoms with Crippen LogP contribution in [0.4, 0.5) is 4.39 Å². The van der Waals surface area contributed by atoms with Crippen LogP contribution in [-0.4, -0.2) is 43.5 Å². The second kappa shape index (κ2) is 9.54. The van der Waals surface area contributed by atoms with Gasteiger partial charge in [0.15, 0.2) is 0 Å². The van der Waals surface area contributed by atoms with Gasteiger partial charge in [-0.3, -0.25) is 9.59 Å². The molecule has 1 aliphatic rings. The van der Waals surface area contributed by atoms with Crippen molar-refractivity contribution in [1.82, 2.24) is 10.2 Å². The normalized spacial score (nSPS) is 18.5. The van der Waals surface area contributed by atoms with Crippen LogP contribution in [0.1, 0.15) is 41.6 Å². The van der Waals surface area contributed by atoms with Gasteiger partial charge in [0.25, 0.3) is 5.91 Å². The number of halogens is 1. The molecular weight excluding hydrogens is 371 g/mol. The number of methoxy groups -OCH3 is 1. The molecule has 6 heteroatoms. The molecule has 1 N–H and O–H groups in total. The molecule has 5 nitrogen and oxygen atoms in total. The van der Waals surface area contributed by atoms with E-state index in [1.165, 1.54) is 12.1 Å². The van der Waals surface area contributed by atoms with Crippen LogP contribution in [0.5, 0.6) is 5.75 Å². The minimum Gasteiger partial charge on any atom is -0.497 e. The highest BCUT2D eigenvalue weighted by atomic mass is 19.1. The van der Waals surface area contributed by atoms with Crippen molar-refractivity contribution in [3.8, 4) is 5.75 Å². The van der Waals surface area contributed by atoms with Crippen molar-refractivity contribution >= 4 is 11.8 Å². The summed E-state index contributed by atoms with van der Waals surface area (Å²) in [5.74, 6) is -0.649. The second-order valence-corrected chi connectivity index (χ2v) is 7.35. The Morgan fingerprint density at radius 3 is 2.69 bits per heavy atom. The minimum absolute atomic E-state index is 0.0892. The van der Waals surface area contributed by atoms with E-state index in [1.807, 2.05) is 6.07 Å². The van der Waals surface area contributed by atoms with E-state index in [-0.39, 0.29) is 23.5 Å². The van der Waals surface area contributed by atoms with E-state index < -0.39 is 5.92 Å². The quantitative estimate of drug-likeness (QED) is 0.725. The fourth-order valence-electron chi connectivity index (χ4n) is 3.77.